The Morgan fingerprint density at radius 2 is 2.10 bits per heavy atom. The van der Waals surface area contributed by atoms with E-state index in [1.54, 1.807) is 0 Å². The SMILES string of the molecule is CCn1c(C2(CN)CCC(C)CC2)nc2ccc(Cl)cc21. The van der Waals surface area contributed by atoms with Crippen molar-refractivity contribution in [2.24, 2.45) is 11.7 Å². The summed E-state index contributed by atoms with van der Waals surface area (Å²) in [5, 5.41) is 0.766. The predicted molar refractivity (Wildman–Crippen MR) is 88.8 cm³/mol. The zero-order valence-electron chi connectivity index (χ0n) is 12.9. The molecule has 0 unspecified atom stereocenters. The number of hydrogen-bond donors (Lipinski definition) is 1. The second kappa shape index (κ2) is 5.62. The highest BCUT2D eigenvalue weighted by Gasteiger charge is 2.38. The Balaban J connectivity index is 2.14. The van der Waals surface area contributed by atoms with Crippen molar-refractivity contribution in [3.8, 4) is 0 Å². The number of benzene rings is 1. The Labute approximate surface area is 131 Å². The number of aromatic nitrogens is 2. The van der Waals surface area contributed by atoms with Gasteiger partial charge in [-0.1, -0.05) is 18.5 Å². The Hall–Kier alpha value is -1.06. The number of aryl methyl sites for hydroxylation is 1. The van der Waals surface area contributed by atoms with Crippen LogP contribution in [-0.4, -0.2) is 16.1 Å². The Bertz CT molecular complexity index is 639. The average molecular weight is 306 g/mol. The van der Waals surface area contributed by atoms with Crippen LogP contribution in [0.5, 0.6) is 0 Å². The molecule has 4 heteroatoms. The lowest BCUT2D eigenvalue weighted by Gasteiger charge is -2.38. The van der Waals surface area contributed by atoms with Gasteiger partial charge in [0.1, 0.15) is 5.82 Å². The molecule has 1 aromatic heterocycles. The van der Waals surface area contributed by atoms with Crippen LogP contribution < -0.4 is 5.73 Å². The van der Waals surface area contributed by atoms with E-state index in [9.17, 15) is 0 Å². The van der Waals surface area contributed by atoms with Crippen molar-refractivity contribution in [3.05, 3.63) is 29.0 Å². The van der Waals surface area contributed by atoms with Gasteiger partial charge in [-0.3, -0.25) is 0 Å². The van der Waals surface area contributed by atoms with Crippen molar-refractivity contribution in [2.75, 3.05) is 6.54 Å². The zero-order valence-corrected chi connectivity index (χ0v) is 13.7. The van der Waals surface area contributed by atoms with Gasteiger partial charge in [-0.15, -0.1) is 0 Å². The molecule has 1 fully saturated rings. The largest absolute Gasteiger partial charge is 0.329 e. The highest BCUT2D eigenvalue weighted by atomic mass is 35.5. The molecule has 1 aromatic carbocycles. The molecule has 2 N–H and O–H groups in total. The minimum atomic E-state index is 0.0357. The molecule has 2 aromatic rings. The molecule has 0 amide bonds. The summed E-state index contributed by atoms with van der Waals surface area (Å²) in [5.74, 6) is 1.97. The van der Waals surface area contributed by atoms with Crippen LogP contribution in [0.2, 0.25) is 5.02 Å². The molecule has 1 saturated carbocycles. The summed E-state index contributed by atoms with van der Waals surface area (Å²) in [6, 6.07) is 5.95. The maximum absolute atomic E-state index is 6.21. The lowest BCUT2D eigenvalue weighted by atomic mass is 9.70. The fourth-order valence-corrected chi connectivity index (χ4v) is 3.82. The second-order valence-electron chi connectivity index (χ2n) is 6.48. The van der Waals surface area contributed by atoms with Crippen LogP contribution in [0.1, 0.15) is 45.4 Å². The lowest BCUT2D eigenvalue weighted by Crippen LogP contribution is -2.41. The summed E-state index contributed by atoms with van der Waals surface area (Å²) in [5.41, 5.74) is 8.41. The first-order chi connectivity index (χ1) is 10.1. The van der Waals surface area contributed by atoms with Crippen LogP contribution in [0, 0.1) is 5.92 Å². The zero-order chi connectivity index (χ0) is 15.0. The van der Waals surface area contributed by atoms with Gasteiger partial charge in [-0.05, 0) is 56.7 Å². The van der Waals surface area contributed by atoms with Gasteiger partial charge in [0.2, 0.25) is 0 Å². The Morgan fingerprint density at radius 1 is 1.38 bits per heavy atom. The molecule has 1 aliphatic rings. The van der Waals surface area contributed by atoms with E-state index in [2.05, 4.69) is 18.4 Å². The van der Waals surface area contributed by atoms with Gasteiger partial charge in [0.05, 0.1) is 11.0 Å². The fourth-order valence-electron chi connectivity index (χ4n) is 3.65. The van der Waals surface area contributed by atoms with Gasteiger partial charge < -0.3 is 10.3 Å². The molecule has 0 spiro atoms. The van der Waals surface area contributed by atoms with Gasteiger partial charge in [0, 0.05) is 23.5 Å². The van der Waals surface area contributed by atoms with E-state index < -0.39 is 0 Å². The van der Waals surface area contributed by atoms with Crippen LogP contribution in [0.4, 0.5) is 0 Å². The molecule has 0 bridgehead atoms. The topological polar surface area (TPSA) is 43.8 Å². The van der Waals surface area contributed by atoms with E-state index in [0.717, 1.165) is 47.2 Å². The first-order valence-electron chi connectivity index (χ1n) is 7.96. The molecule has 0 radical (unpaired) electrons. The summed E-state index contributed by atoms with van der Waals surface area (Å²) < 4.78 is 2.31. The van der Waals surface area contributed by atoms with E-state index in [-0.39, 0.29) is 5.41 Å². The van der Waals surface area contributed by atoms with Crippen molar-refractivity contribution in [1.29, 1.82) is 0 Å². The predicted octanol–water partition coefficient (Wildman–Crippen LogP) is 4.12. The van der Waals surface area contributed by atoms with E-state index in [1.165, 1.54) is 12.8 Å². The van der Waals surface area contributed by atoms with Crippen molar-refractivity contribution < 1.29 is 0 Å². The number of fused-ring (bicyclic) bond motifs is 1. The average Bonchev–Trinajstić information content (AvgIpc) is 2.86. The number of nitrogens with two attached hydrogens (primary N) is 1. The van der Waals surface area contributed by atoms with Crippen molar-refractivity contribution in [3.63, 3.8) is 0 Å². The number of hydrogen-bond acceptors (Lipinski definition) is 2. The molecule has 21 heavy (non-hydrogen) atoms. The Kier molecular flexibility index (Phi) is 3.98. The minimum absolute atomic E-state index is 0.0357. The number of imidazole rings is 1. The maximum atomic E-state index is 6.21. The summed E-state index contributed by atoms with van der Waals surface area (Å²) in [6.45, 7) is 6.09. The van der Waals surface area contributed by atoms with Gasteiger partial charge in [-0.2, -0.15) is 0 Å². The molecule has 114 valence electrons. The van der Waals surface area contributed by atoms with Crippen molar-refractivity contribution in [1.82, 2.24) is 9.55 Å². The molecule has 3 nitrogen and oxygen atoms in total. The molecule has 1 aliphatic carbocycles. The fraction of sp³-hybridized carbons (Fsp3) is 0.588. The highest BCUT2D eigenvalue weighted by molar-refractivity contribution is 6.31. The van der Waals surface area contributed by atoms with E-state index in [1.807, 2.05) is 18.2 Å². The van der Waals surface area contributed by atoms with Gasteiger partial charge in [0.25, 0.3) is 0 Å². The quantitative estimate of drug-likeness (QED) is 0.927. The van der Waals surface area contributed by atoms with Crippen LogP contribution in [-0.2, 0) is 12.0 Å². The third-order valence-electron chi connectivity index (χ3n) is 5.12. The summed E-state index contributed by atoms with van der Waals surface area (Å²) in [6.07, 6.45) is 4.76. The molecular formula is C17H24ClN3. The molecule has 0 saturated heterocycles. The smallest absolute Gasteiger partial charge is 0.117 e. The third-order valence-corrected chi connectivity index (χ3v) is 5.36. The van der Waals surface area contributed by atoms with Crippen LogP contribution in [0.25, 0.3) is 11.0 Å². The second-order valence-corrected chi connectivity index (χ2v) is 6.92. The molecular weight excluding hydrogens is 282 g/mol. The van der Waals surface area contributed by atoms with E-state index >= 15 is 0 Å². The summed E-state index contributed by atoms with van der Waals surface area (Å²) in [4.78, 5) is 4.94. The molecule has 0 atom stereocenters. The van der Waals surface area contributed by atoms with Crippen molar-refractivity contribution >= 4 is 22.6 Å². The van der Waals surface area contributed by atoms with E-state index in [0.29, 0.717) is 6.54 Å². The van der Waals surface area contributed by atoms with Gasteiger partial charge in [-0.25, -0.2) is 4.98 Å². The number of nitrogens with zero attached hydrogens (tertiary/aromatic N) is 2. The molecule has 3 rings (SSSR count). The summed E-state index contributed by atoms with van der Waals surface area (Å²) >= 11 is 6.16. The van der Waals surface area contributed by atoms with Crippen molar-refractivity contribution in [2.45, 2.75) is 51.5 Å². The van der Waals surface area contributed by atoms with Crippen LogP contribution in [0.3, 0.4) is 0 Å². The summed E-state index contributed by atoms with van der Waals surface area (Å²) in [7, 11) is 0. The highest BCUT2D eigenvalue weighted by Crippen LogP contribution is 2.41. The van der Waals surface area contributed by atoms with Crippen LogP contribution in [0.15, 0.2) is 18.2 Å². The number of halogens is 1. The van der Waals surface area contributed by atoms with Gasteiger partial charge >= 0.3 is 0 Å². The monoisotopic (exact) mass is 305 g/mol. The first kappa shape index (κ1) is 14.9. The minimum Gasteiger partial charge on any atom is -0.329 e. The van der Waals surface area contributed by atoms with E-state index in [4.69, 9.17) is 22.3 Å². The maximum Gasteiger partial charge on any atom is 0.117 e. The van der Waals surface area contributed by atoms with Gasteiger partial charge in [0.15, 0.2) is 0 Å². The molecule has 0 aliphatic heterocycles. The Morgan fingerprint density at radius 3 is 2.71 bits per heavy atom. The van der Waals surface area contributed by atoms with Crippen LogP contribution >= 0.6 is 11.6 Å². The molecule has 1 heterocycles. The number of rotatable bonds is 3. The lowest BCUT2D eigenvalue weighted by molar-refractivity contribution is 0.232. The third kappa shape index (κ3) is 2.47. The first-order valence-corrected chi connectivity index (χ1v) is 8.34. The normalized spacial score (nSPS) is 26.4. The standard InChI is InChI=1S/C17H24ClN3/c1-3-21-15-10-13(18)4-5-14(15)20-16(21)17(11-19)8-6-12(2)7-9-17/h4-5,10,12H,3,6-9,11,19H2,1-2H3.